The van der Waals surface area contributed by atoms with E-state index < -0.39 is 32.0 Å². The summed E-state index contributed by atoms with van der Waals surface area (Å²) in [6.45, 7) is 4.37. The quantitative estimate of drug-likeness (QED) is 0.0449. The van der Waals surface area contributed by atoms with Crippen LogP contribution in [0.25, 0.3) is 0 Å². The third kappa shape index (κ3) is 58.0. The van der Waals surface area contributed by atoms with Crippen LogP contribution in [0.4, 0.5) is 0 Å². The number of carbonyl (C=O) groups is 2. The van der Waals surface area contributed by atoms with Gasteiger partial charge in [-0.15, -0.1) is 0 Å². The van der Waals surface area contributed by atoms with Gasteiger partial charge in [-0.05, 0) is 12.8 Å². The molecular formula is C46H92CaN2O8S2. The maximum Gasteiger partial charge on any atom is 2.00 e. The monoisotopic (exact) mass is 905 g/mol. The van der Waals surface area contributed by atoms with Gasteiger partial charge >= 0.3 is 37.7 Å². The molecule has 0 unspecified atom stereocenters. The molecule has 2 N–H and O–H groups in total. The van der Waals surface area contributed by atoms with Gasteiger partial charge < -0.3 is 19.8 Å². The minimum Gasteiger partial charge on any atom is -0.550 e. The fourth-order valence-electron chi connectivity index (χ4n) is 7.15. The first kappa shape index (κ1) is 63.3. The van der Waals surface area contributed by atoms with Gasteiger partial charge in [-0.2, -0.15) is 0 Å². The fourth-order valence-corrected chi connectivity index (χ4v) is 9.43. The summed E-state index contributed by atoms with van der Waals surface area (Å²) in [7, 11) is -6.68. The number of carbonyl (C=O) groups excluding carboxylic acids is 2. The molecule has 0 heterocycles. The Morgan fingerprint density at radius 3 is 0.678 bits per heavy atom. The molecule has 0 spiro atoms. The summed E-state index contributed by atoms with van der Waals surface area (Å²) in [6, 6.07) is 0. The average molecular weight is 905 g/mol. The van der Waals surface area contributed by atoms with Crippen LogP contribution in [0.15, 0.2) is 0 Å². The van der Waals surface area contributed by atoms with Crippen molar-refractivity contribution in [2.75, 3.05) is 24.6 Å². The van der Waals surface area contributed by atoms with E-state index in [1.807, 2.05) is 0 Å². The molecule has 0 aromatic rings. The number of hydrogen-bond donors (Lipinski definition) is 2. The van der Waals surface area contributed by atoms with Crippen LogP contribution in [0.5, 0.6) is 0 Å². The molecule has 0 bridgehead atoms. The van der Waals surface area contributed by atoms with Gasteiger partial charge in [0.05, 0.1) is 11.5 Å². The van der Waals surface area contributed by atoms with Crippen LogP contribution >= 0.6 is 0 Å². The summed E-state index contributed by atoms with van der Waals surface area (Å²) in [5.74, 6) is -2.31. The molecule has 0 amide bonds. The smallest absolute Gasteiger partial charge is 0.550 e. The standard InChI is InChI=1S/2C23H47NO4S.Ca/c2*1-2-3-4-5-6-7-8-9-10-11-12-13-14-15-16-17-18-19-22-29(27,28)24-21-20-23(25)26;/h2*24H,2-22H2,1H3,(H,25,26);/q;;+2/p-2. The molecule has 0 saturated carbocycles. The largest absolute Gasteiger partial charge is 2.00 e. The van der Waals surface area contributed by atoms with Crippen molar-refractivity contribution in [3.63, 3.8) is 0 Å². The predicted octanol–water partition coefficient (Wildman–Crippen LogP) is 9.79. The minimum atomic E-state index is -3.34. The van der Waals surface area contributed by atoms with Crippen LogP contribution in [0.3, 0.4) is 0 Å². The van der Waals surface area contributed by atoms with E-state index in [4.69, 9.17) is 0 Å². The van der Waals surface area contributed by atoms with Crippen molar-refractivity contribution in [2.24, 2.45) is 0 Å². The number of hydrogen-bond acceptors (Lipinski definition) is 8. The van der Waals surface area contributed by atoms with Crippen molar-refractivity contribution in [3.05, 3.63) is 0 Å². The Morgan fingerprint density at radius 1 is 0.339 bits per heavy atom. The number of rotatable bonds is 46. The topological polar surface area (TPSA) is 173 Å². The molecule has 0 aliphatic heterocycles. The fraction of sp³-hybridized carbons (Fsp3) is 0.957. The maximum absolute atomic E-state index is 11.7. The number of aliphatic carboxylic acids is 2. The van der Waals surface area contributed by atoms with E-state index in [-0.39, 0.29) is 75.2 Å². The van der Waals surface area contributed by atoms with Crippen molar-refractivity contribution >= 4 is 69.7 Å². The number of unbranched alkanes of at least 4 members (excludes halogenated alkanes) is 34. The first-order chi connectivity index (χ1) is 28.0. The molecule has 13 heteroatoms. The zero-order valence-electron chi connectivity index (χ0n) is 38.5. The zero-order chi connectivity index (χ0) is 43.3. The Labute approximate surface area is 395 Å². The summed E-state index contributed by atoms with van der Waals surface area (Å²) in [6.07, 6.45) is 45.5. The molecule has 0 rings (SSSR count). The number of nitrogens with one attached hydrogen (secondary N) is 2. The Bertz CT molecular complexity index is 1020. The minimum absolute atomic E-state index is 0. The SMILES string of the molecule is CCCCCCCCCCCCCCCCCCCCS(=O)(=O)NCCC(=O)[O-].CCCCCCCCCCCCCCCCCCCCS(=O)(=O)NCCC(=O)[O-].[Ca+2]. The summed E-state index contributed by atoms with van der Waals surface area (Å²) in [4.78, 5) is 20.5. The molecular weight excluding hydrogens is 813 g/mol. The molecule has 0 aromatic carbocycles. The summed E-state index contributed by atoms with van der Waals surface area (Å²) < 4.78 is 51.2. The van der Waals surface area contributed by atoms with E-state index in [1.54, 1.807) is 0 Å². The second kappa shape index (κ2) is 49.0. The maximum atomic E-state index is 11.7. The number of carboxylic acid groups (broad SMARTS) is 2. The van der Waals surface area contributed by atoms with Gasteiger partial charge in [0, 0.05) is 37.9 Å². The van der Waals surface area contributed by atoms with E-state index in [1.165, 1.54) is 193 Å². The number of sulfonamides is 2. The summed E-state index contributed by atoms with van der Waals surface area (Å²) >= 11 is 0. The first-order valence-electron chi connectivity index (χ1n) is 24.3. The van der Waals surface area contributed by atoms with E-state index in [9.17, 15) is 36.6 Å². The normalized spacial score (nSPS) is 11.6. The zero-order valence-corrected chi connectivity index (χ0v) is 42.3. The molecule has 59 heavy (non-hydrogen) atoms. The molecule has 0 saturated heterocycles. The Morgan fingerprint density at radius 2 is 0.508 bits per heavy atom. The van der Waals surface area contributed by atoms with Crippen LogP contribution in [0, 0.1) is 0 Å². The molecule has 0 aromatic heterocycles. The van der Waals surface area contributed by atoms with Crippen LogP contribution < -0.4 is 19.7 Å². The predicted molar refractivity (Wildman–Crippen MR) is 246 cm³/mol. The molecule has 0 atom stereocenters. The molecule has 0 fully saturated rings. The first-order valence-corrected chi connectivity index (χ1v) is 27.6. The summed E-state index contributed by atoms with van der Waals surface area (Å²) in [5, 5.41) is 20.5. The third-order valence-corrected chi connectivity index (χ3v) is 13.8. The number of carboxylic acids is 2. The van der Waals surface area contributed by atoms with Crippen molar-refractivity contribution < 1.29 is 36.6 Å². The molecule has 0 radical (unpaired) electrons. The van der Waals surface area contributed by atoms with Crippen LogP contribution in [0.1, 0.15) is 258 Å². The van der Waals surface area contributed by atoms with Crippen molar-refractivity contribution in [1.29, 1.82) is 0 Å². The van der Waals surface area contributed by atoms with Gasteiger partial charge in [-0.1, -0.05) is 232 Å². The van der Waals surface area contributed by atoms with Crippen LogP contribution in [-0.2, 0) is 29.6 Å². The molecule has 348 valence electrons. The van der Waals surface area contributed by atoms with Crippen molar-refractivity contribution in [1.82, 2.24) is 9.44 Å². The Balaban J connectivity index is -0.00000105. The molecule has 0 aliphatic rings. The van der Waals surface area contributed by atoms with E-state index in [0.29, 0.717) is 12.8 Å². The van der Waals surface area contributed by atoms with Gasteiger partial charge in [0.15, 0.2) is 0 Å². The van der Waals surface area contributed by atoms with Crippen LogP contribution in [0.2, 0.25) is 0 Å². The van der Waals surface area contributed by atoms with Gasteiger partial charge in [-0.3, -0.25) is 0 Å². The van der Waals surface area contributed by atoms with Gasteiger partial charge in [0.1, 0.15) is 0 Å². The average Bonchev–Trinajstić information content (AvgIpc) is 3.16. The van der Waals surface area contributed by atoms with Crippen LogP contribution in [-0.4, -0.2) is 91.1 Å². The second-order valence-corrected chi connectivity index (χ2v) is 20.5. The van der Waals surface area contributed by atoms with Crippen molar-refractivity contribution in [3.8, 4) is 0 Å². The Kier molecular flexibility index (Phi) is 52.6. The van der Waals surface area contributed by atoms with Gasteiger partial charge in [0.25, 0.3) is 0 Å². The molecule has 0 aliphatic carbocycles. The van der Waals surface area contributed by atoms with Gasteiger partial charge in [-0.25, -0.2) is 26.3 Å². The molecule has 10 nitrogen and oxygen atoms in total. The van der Waals surface area contributed by atoms with Gasteiger partial charge in [0.2, 0.25) is 20.0 Å². The second-order valence-electron chi connectivity index (χ2n) is 16.7. The van der Waals surface area contributed by atoms with E-state index in [0.717, 1.165) is 25.7 Å². The van der Waals surface area contributed by atoms with E-state index in [2.05, 4.69) is 23.3 Å². The Hall–Kier alpha value is 0.0197. The third-order valence-electron chi connectivity index (χ3n) is 10.8. The van der Waals surface area contributed by atoms with Crippen molar-refractivity contribution in [2.45, 2.75) is 258 Å². The summed E-state index contributed by atoms with van der Waals surface area (Å²) in [5.41, 5.74) is 0. The van der Waals surface area contributed by atoms with E-state index >= 15 is 0 Å².